The molecule has 2 heterocycles. The number of rotatable bonds is 2. The van der Waals surface area contributed by atoms with Crippen LogP contribution >= 0.6 is 11.3 Å². The number of pyridine rings is 1. The van der Waals surface area contributed by atoms with Crippen molar-refractivity contribution in [3.8, 4) is 0 Å². The van der Waals surface area contributed by atoms with Gasteiger partial charge in [-0.1, -0.05) is 0 Å². The second-order valence-electron chi connectivity index (χ2n) is 5.34. The molecule has 110 valence electrons. The number of carboxylic acid groups (broad SMARTS) is 1. The lowest BCUT2D eigenvalue weighted by molar-refractivity contribution is 0.0693. The average Bonchev–Trinajstić information content (AvgIpc) is 2.79. The summed E-state index contributed by atoms with van der Waals surface area (Å²) in [5.74, 6) is -1.17. The monoisotopic (exact) mass is 304 g/mol. The van der Waals surface area contributed by atoms with Crippen LogP contribution in [0, 0.1) is 13.8 Å². The van der Waals surface area contributed by atoms with Gasteiger partial charge in [0.25, 0.3) is 5.56 Å². The first-order valence-corrected chi connectivity index (χ1v) is 7.72. The van der Waals surface area contributed by atoms with Crippen molar-refractivity contribution in [1.29, 1.82) is 0 Å². The molecule has 2 aromatic rings. The largest absolute Gasteiger partial charge is 0.477 e. The Hall–Kier alpha value is -1.95. The lowest BCUT2D eigenvalue weighted by Crippen LogP contribution is -2.32. The van der Waals surface area contributed by atoms with E-state index < -0.39 is 11.5 Å². The minimum atomic E-state index is -1.17. The number of hydrogen-bond acceptors (Lipinski definition) is 4. The summed E-state index contributed by atoms with van der Waals surface area (Å²) in [7, 11) is 0. The number of thiazole rings is 1. The molecule has 0 spiro atoms. The highest BCUT2D eigenvalue weighted by Crippen LogP contribution is 2.34. The zero-order chi connectivity index (χ0) is 15.1. The molecule has 3 rings (SSSR count). The van der Waals surface area contributed by atoms with Gasteiger partial charge in [-0.25, -0.2) is 9.78 Å². The standard InChI is InChI=1S/C15H16N2O3S/c1-8-6-7-17(14(18)12(8)15(19)20)10-4-3-5-11-13(10)16-9(2)21-11/h6-7,10H,3-5H2,1-2H3,(H,19,20). The van der Waals surface area contributed by atoms with Crippen molar-refractivity contribution in [2.45, 2.75) is 39.2 Å². The molecule has 0 saturated carbocycles. The highest BCUT2D eigenvalue weighted by atomic mass is 32.1. The van der Waals surface area contributed by atoms with E-state index >= 15 is 0 Å². The first-order valence-electron chi connectivity index (χ1n) is 6.90. The van der Waals surface area contributed by atoms with Crippen molar-refractivity contribution in [1.82, 2.24) is 9.55 Å². The Morgan fingerprint density at radius 3 is 2.95 bits per heavy atom. The van der Waals surface area contributed by atoms with Gasteiger partial charge in [-0.2, -0.15) is 0 Å². The van der Waals surface area contributed by atoms with Gasteiger partial charge in [0.2, 0.25) is 0 Å². The quantitative estimate of drug-likeness (QED) is 0.925. The summed E-state index contributed by atoms with van der Waals surface area (Å²) in [5.41, 5.74) is 0.850. The number of hydrogen-bond donors (Lipinski definition) is 1. The summed E-state index contributed by atoms with van der Waals surface area (Å²) < 4.78 is 1.54. The number of carbonyl (C=O) groups is 1. The fraction of sp³-hybridized carbons (Fsp3) is 0.400. The van der Waals surface area contributed by atoms with Crippen LogP contribution in [0.5, 0.6) is 0 Å². The molecule has 0 radical (unpaired) electrons. The third kappa shape index (κ3) is 2.29. The van der Waals surface area contributed by atoms with E-state index in [1.165, 1.54) is 9.44 Å². The summed E-state index contributed by atoms with van der Waals surface area (Å²) in [6.07, 6.45) is 4.49. The molecular formula is C15H16N2O3S. The Labute approximate surface area is 125 Å². The molecule has 0 aliphatic heterocycles. The maximum atomic E-state index is 12.5. The normalized spacial score (nSPS) is 17.5. The third-order valence-electron chi connectivity index (χ3n) is 3.91. The Balaban J connectivity index is 2.17. The fourth-order valence-corrected chi connectivity index (χ4v) is 3.97. The first-order chi connectivity index (χ1) is 9.99. The maximum Gasteiger partial charge on any atom is 0.341 e. The van der Waals surface area contributed by atoms with Crippen LogP contribution in [0.3, 0.4) is 0 Å². The van der Waals surface area contributed by atoms with Gasteiger partial charge in [0, 0.05) is 11.1 Å². The molecule has 6 heteroatoms. The minimum Gasteiger partial charge on any atom is -0.477 e. The lowest BCUT2D eigenvalue weighted by Gasteiger charge is -2.24. The summed E-state index contributed by atoms with van der Waals surface area (Å²) in [4.78, 5) is 29.6. The van der Waals surface area contributed by atoms with Gasteiger partial charge in [0.05, 0.1) is 16.7 Å². The van der Waals surface area contributed by atoms with Crippen molar-refractivity contribution in [2.24, 2.45) is 0 Å². The van der Waals surface area contributed by atoms with Crippen molar-refractivity contribution < 1.29 is 9.90 Å². The third-order valence-corrected chi connectivity index (χ3v) is 4.96. The smallest absolute Gasteiger partial charge is 0.341 e. The van der Waals surface area contributed by atoms with Gasteiger partial charge in [-0.3, -0.25) is 4.79 Å². The topological polar surface area (TPSA) is 72.2 Å². The molecule has 0 amide bonds. The van der Waals surface area contributed by atoms with Crippen LogP contribution in [0.4, 0.5) is 0 Å². The van der Waals surface area contributed by atoms with Crippen molar-refractivity contribution in [3.63, 3.8) is 0 Å². The first kappa shape index (κ1) is 14.0. The zero-order valence-corrected chi connectivity index (χ0v) is 12.7. The highest BCUT2D eigenvalue weighted by molar-refractivity contribution is 7.11. The van der Waals surface area contributed by atoms with Gasteiger partial charge < -0.3 is 9.67 Å². The highest BCUT2D eigenvalue weighted by Gasteiger charge is 2.27. The van der Waals surface area contributed by atoms with E-state index in [0.717, 1.165) is 30.0 Å². The Morgan fingerprint density at radius 1 is 1.48 bits per heavy atom. The molecule has 21 heavy (non-hydrogen) atoms. The molecule has 5 nitrogen and oxygen atoms in total. The van der Waals surface area contributed by atoms with Gasteiger partial charge >= 0.3 is 5.97 Å². The summed E-state index contributed by atoms with van der Waals surface area (Å²) >= 11 is 1.67. The number of aryl methyl sites for hydroxylation is 3. The van der Waals surface area contributed by atoms with E-state index in [2.05, 4.69) is 4.98 Å². The molecule has 1 unspecified atom stereocenters. The van der Waals surface area contributed by atoms with E-state index in [-0.39, 0.29) is 11.6 Å². The van der Waals surface area contributed by atoms with Crippen LogP contribution in [0.2, 0.25) is 0 Å². The van der Waals surface area contributed by atoms with E-state index in [1.54, 1.807) is 30.5 Å². The zero-order valence-electron chi connectivity index (χ0n) is 11.9. The Kier molecular flexibility index (Phi) is 3.41. The van der Waals surface area contributed by atoms with Gasteiger partial charge in [-0.15, -0.1) is 11.3 Å². The number of aromatic nitrogens is 2. The van der Waals surface area contributed by atoms with Crippen LogP contribution in [-0.2, 0) is 6.42 Å². The van der Waals surface area contributed by atoms with Crippen molar-refractivity contribution in [2.75, 3.05) is 0 Å². The molecular weight excluding hydrogens is 288 g/mol. The molecule has 0 fully saturated rings. The number of aromatic carboxylic acids is 1. The molecule has 0 bridgehead atoms. The molecule has 2 aromatic heterocycles. The lowest BCUT2D eigenvalue weighted by atomic mass is 9.97. The molecule has 1 aliphatic carbocycles. The van der Waals surface area contributed by atoms with E-state index in [4.69, 9.17) is 0 Å². The van der Waals surface area contributed by atoms with Crippen LogP contribution in [0.1, 0.15) is 50.4 Å². The summed E-state index contributed by atoms with van der Waals surface area (Å²) in [6.45, 7) is 3.61. The number of nitrogens with zero attached hydrogens (tertiary/aromatic N) is 2. The Morgan fingerprint density at radius 2 is 2.24 bits per heavy atom. The minimum absolute atomic E-state index is 0.142. The fourth-order valence-electron chi connectivity index (χ4n) is 2.93. The molecule has 0 aromatic carbocycles. The number of carboxylic acids is 1. The molecule has 1 N–H and O–H groups in total. The van der Waals surface area contributed by atoms with Gasteiger partial charge in [-0.05, 0) is 44.7 Å². The maximum absolute atomic E-state index is 12.5. The van der Waals surface area contributed by atoms with Crippen molar-refractivity contribution >= 4 is 17.3 Å². The predicted molar refractivity (Wildman–Crippen MR) is 80.3 cm³/mol. The van der Waals surface area contributed by atoms with Crippen LogP contribution < -0.4 is 5.56 Å². The second-order valence-corrected chi connectivity index (χ2v) is 6.63. The van der Waals surface area contributed by atoms with Crippen molar-refractivity contribution in [3.05, 3.63) is 49.3 Å². The van der Waals surface area contributed by atoms with E-state index in [0.29, 0.717) is 5.56 Å². The molecule has 1 atom stereocenters. The summed E-state index contributed by atoms with van der Waals surface area (Å²) in [6, 6.07) is 1.54. The summed E-state index contributed by atoms with van der Waals surface area (Å²) in [5, 5.41) is 10.2. The van der Waals surface area contributed by atoms with E-state index in [9.17, 15) is 14.7 Å². The van der Waals surface area contributed by atoms with Crippen LogP contribution in [0.25, 0.3) is 0 Å². The number of fused-ring (bicyclic) bond motifs is 1. The van der Waals surface area contributed by atoms with Gasteiger partial charge in [0.1, 0.15) is 5.56 Å². The molecule has 1 aliphatic rings. The molecule has 0 saturated heterocycles. The van der Waals surface area contributed by atoms with E-state index in [1.807, 2.05) is 6.92 Å². The Bertz CT molecular complexity index is 776. The predicted octanol–water partition coefficient (Wildman–Crippen LogP) is 2.55. The second kappa shape index (κ2) is 5.11. The van der Waals surface area contributed by atoms with Crippen LogP contribution in [0.15, 0.2) is 17.1 Å². The van der Waals surface area contributed by atoms with Crippen LogP contribution in [-0.4, -0.2) is 20.6 Å². The SMILES string of the molecule is Cc1nc2c(s1)CCCC2n1ccc(C)c(C(=O)O)c1=O. The van der Waals surface area contributed by atoms with Gasteiger partial charge in [0.15, 0.2) is 0 Å². The average molecular weight is 304 g/mol.